The molecule has 0 aromatic heterocycles. The van der Waals surface area contributed by atoms with Gasteiger partial charge in [-0.15, -0.1) is 0 Å². The number of hydrogen-bond acceptors (Lipinski definition) is 7. The first kappa shape index (κ1) is 50.5. The molecule has 0 saturated heterocycles. The monoisotopic (exact) mass is 1000 g/mol. The summed E-state index contributed by atoms with van der Waals surface area (Å²) in [5.74, 6) is 0.828. The molecule has 74 heavy (non-hydrogen) atoms. The summed E-state index contributed by atoms with van der Waals surface area (Å²) < 4.78 is 12.0. The highest BCUT2D eigenvalue weighted by atomic mass is 16.5. The molecule has 5 saturated carbocycles. The van der Waals surface area contributed by atoms with Crippen molar-refractivity contribution < 1.29 is 34.4 Å². The Bertz CT molecular complexity index is 2770. The van der Waals surface area contributed by atoms with E-state index in [2.05, 4.69) is 105 Å². The number of ether oxygens (including phenoxy) is 2. The van der Waals surface area contributed by atoms with Gasteiger partial charge in [0.2, 0.25) is 0 Å². The molecule has 7 nitrogen and oxygen atoms in total. The lowest BCUT2D eigenvalue weighted by Crippen LogP contribution is -2.77. The van der Waals surface area contributed by atoms with E-state index in [1.807, 2.05) is 6.92 Å². The zero-order valence-electron chi connectivity index (χ0n) is 44.9. The zero-order chi connectivity index (χ0) is 51.2. The fraction of sp³-hybridized carbons (Fsp3) is 0.612. The Hall–Kier alpha value is -4.30. The molecule has 4 aromatic carbocycles. The maximum absolute atomic E-state index is 14.1. The average molecular weight is 1000 g/mol. The van der Waals surface area contributed by atoms with Crippen LogP contribution in [-0.4, -0.2) is 57.8 Å². The molecule has 0 bridgehead atoms. The van der Waals surface area contributed by atoms with E-state index < -0.39 is 46.6 Å². The number of carbonyl (C=O) groups excluding carboxylic acids is 2. The molecule has 1 heterocycles. The number of fused-ring (bicyclic) bond motifs is 4. The normalized spacial score (nSPS) is 38.7. The van der Waals surface area contributed by atoms with Crippen molar-refractivity contribution in [2.24, 2.45) is 45.8 Å². The lowest BCUT2D eigenvalue weighted by molar-refractivity contribution is -0.327. The van der Waals surface area contributed by atoms with Gasteiger partial charge in [-0.05, 0) is 206 Å². The van der Waals surface area contributed by atoms with Gasteiger partial charge in [-0.2, -0.15) is 0 Å². The van der Waals surface area contributed by atoms with E-state index >= 15 is 0 Å². The van der Waals surface area contributed by atoms with E-state index in [-0.39, 0.29) is 41.7 Å². The fourth-order valence-electron chi connectivity index (χ4n) is 20.0. The van der Waals surface area contributed by atoms with Gasteiger partial charge in [-0.1, -0.05) is 131 Å². The van der Waals surface area contributed by atoms with Crippen molar-refractivity contribution in [3.05, 3.63) is 130 Å². The first-order chi connectivity index (χ1) is 35.7. The summed E-state index contributed by atoms with van der Waals surface area (Å²) in [6.45, 7) is 8.43. The fourth-order valence-corrected chi connectivity index (χ4v) is 20.0. The molecule has 16 atom stereocenters. The molecule has 5 fully saturated rings. The Morgan fingerprint density at radius 3 is 2.38 bits per heavy atom. The third-order valence-electron chi connectivity index (χ3n) is 23.0. The maximum atomic E-state index is 14.1. The van der Waals surface area contributed by atoms with Gasteiger partial charge in [-0.25, -0.2) is 4.79 Å². The van der Waals surface area contributed by atoms with Crippen LogP contribution in [0.4, 0.5) is 0 Å². The minimum absolute atomic E-state index is 0.132. The Morgan fingerprint density at radius 1 is 0.824 bits per heavy atom. The Morgan fingerprint density at radius 2 is 1.61 bits per heavy atom. The molecule has 0 amide bonds. The third kappa shape index (κ3) is 7.78. The number of esters is 2. The zero-order valence-corrected chi connectivity index (χ0v) is 44.9. The molecule has 3 N–H and O–H groups in total. The molecule has 0 radical (unpaired) electrons. The Labute approximate surface area is 441 Å². The topological polar surface area (TPSA) is 113 Å². The van der Waals surface area contributed by atoms with E-state index in [1.54, 1.807) is 22.8 Å². The summed E-state index contributed by atoms with van der Waals surface area (Å²) in [6, 6.07) is 34.5. The number of aliphatic hydroxyl groups excluding tert-OH is 2. The molecule has 7 heteroatoms. The third-order valence-corrected chi connectivity index (χ3v) is 23.0. The van der Waals surface area contributed by atoms with Crippen LogP contribution in [0.15, 0.2) is 103 Å². The van der Waals surface area contributed by atoms with Crippen molar-refractivity contribution in [1.29, 1.82) is 0 Å². The van der Waals surface area contributed by atoms with E-state index in [9.17, 15) is 24.9 Å². The number of benzene rings is 4. The van der Waals surface area contributed by atoms with Crippen LogP contribution in [0.2, 0.25) is 0 Å². The highest BCUT2D eigenvalue weighted by Gasteiger charge is 2.75. The van der Waals surface area contributed by atoms with Crippen molar-refractivity contribution in [2.45, 2.75) is 203 Å². The van der Waals surface area contributed by atoms with Gasteiger partial charge < -0.3 is 24.8 Å². The van der Waals surface area contributed by atoms with Crippen LogP contribution in [0, 0.1) is 45.8 Å². The van der Waals surface area contributed by atoms with E-state index in [0.29, 0.717) is 55.3 Å². The van der Waals surface area contributed by atoms with E-state index in [0.717, 1.165) is 56.9 Å². The lowest BCUT2D eigenvalue weighted by Gasteiger charge is -2.70. The maximum Gasteiger partial charge on any atom is 0.331 e. The summed E-state index contributed by atoms with van der Waals surface area (Å²) in [4.78, 5) is 25.9. The number of aryl methyl sites for hydroxylation is 1. The highest BCUT2D eigenvalue weighted by molar-refractivity contribution is 5.93. The number of cyclic esters (lactones) is 1. The summed E-state index contributed by atoms with van der Waals surface area (Å²) in [5, 5.41) is 43.6. The Kier molecular flexibility index (Phi) is 13.2. The van der Waals surface area contributed by atoms with Crippen molar-refractivity contribution in [3.8, 4) is 0 Å². The summed E-state index contributed by atoms with van der Waals surface area (Å²) in [7, 11) is 0. The molecule has 12 rings (SSSR count). The number of carbonyl (C=O) groups is 2. The van der Waals surface area contributed by atoms with E-state index in [4.69, 9.17) is 9.47 Å². The first-order valence-electron chi connectivity index (χ1n) is 29.5. The van der Waals surface area contributed by atoms with Crippen molar-refractivity contribution in [2.75, 3.05) is 6.61 Å². The number of hydrogen-bond donors (Lipinski definition) is 3. The summed E-state index contributed by atoms with van der Waals surface area (Å²) >= 11 is 0. The number of rotatable bonds is 14. The predicted molar refractivity (Wildman–Crippen MR) is 291 cm³/mol. The average Bonchev–Trinajstić information content (AvgIpc) is 3.96. The van der Waals surface area contributed by atoms with Crippen molar-refractivity contribution in [3.63, 3.8) is 0 Å². The van der Waals surface area contributed by atoms with Crippen LogP contribution < -0.4 is 0 Å². The molecule has 394 valence electrons. The van der Waals surface area contributed by atoms with Crippen LogP contribution in [0.1, 0.15) is 195 Å². The van der Waals surface area contributed by atoms with Gasteiger partial charge >= 0.3 is 11.9 Å². The molecular formula is C67H84O7. The minimum atomic E-state index is -1.54. The van der Waals surface area contributed by atoms with Crippen LogP contribution in [0.5, 0.6) is 0 Å². The smallest absolute Gasteiger partial charge is 0.331 e. The Balaban J connectivity index is 0.940. The minimum Gasteiger partial charge on any atom is -0.462 e. The SMILES string of the molecule is CC(=O)O[C@@H]1C[C@@H](C)[C@](O)(CCC2=CC(=O)OC2)[C@@]2([C@@H](O)CC[C@H](C)CCCc3ccccc3)[C@@H](O)CC[C@@](C)([C@H]3CC[C@]45CC[C@@H]6C[C@]7(c8ccccc8)CCCC[C@@H]7c7ccc8cccc(c8c7[C@@H]64)[C@@H]5C3)[C@H]12. The first-order valence-corrected chi connectivity index (χ1v) is 29.5. The molecule has 4 aromatic rings. The van der Waals surface area contributed by atoms with Crippen molar-refractivity contribution >= 4 is 22.7 Å². The van der Waals surface area contributed by atoms with Gasteiger partial charge in [-0.3, -0.25) is 4.79 Å². The molecule has 1 aliphatic heterocycles. The largest absolute Gasteiger partial charge is 0.462 e. The van der Waals surface area contributed by atoms with Gasteiger partial charge in [0.1, 0.15) is 12.7 Å². The van der Waals surface area contributed by atoms with Gasteiger partial charge in [0.15, 0.2) is 0 Å². The van der Waals surface area contributed by atoms with Crippen molar-refractivity contribution in [1.82, 2.24) is 0 Å². The second-order valence-electron chi connectivity index (χ2n) is 26.2. The molecule has 1 spiro atoms. The second-order valence-corrected chi connectivity index (χ2v) is 26.2. The summed E-state index contributed by atoms with van der Waals surface area (Å²) in [5.41, 5.74) is 5.41. The molecule has 8 aliphatic rings. The van der Waals surface area contributed by atoms with Crippen LogP contribution in [0.25, 0.3) is 10.8 Å². The van der Waals surface area contributed by atoms with Gasteiger partial charge in [0, 0.05) is 24.3 Å². The molecular weight excluding hydrogens is 917 g/mol. The standard InChI is InChI=1S/C67H84O7/c1-42(15-13-18-45-16-7-5-8-17-45)24-27-56(69)67-57(70)31-33-63(4,62(67)55(74-44(3)68)37-43(2)66(67,72)36-28-46-38-58(71)73-41-46)50-30-35-64-34-29-48-40-65(49-20-9-6-10-21-49)32-12-11-23-53(65)52-26-25-47-19-14-22-51(54(64)39-50)59(47)60(52)61(48)64/h5-10,14,16-17,19-22,25-26,38,42-43,48,50,53-57,61-62,69-70,72H,11-13,15,18,23-24,27-37,39-41H2,1-4H3/t42-,43-,48-,50+,53-,54+,55-,56+,57+,61-,62+,63+,64+,65+,66-,67+/m1/s1. The molecule has 7 aliphatic carbocycles. The van der Waals surface area contributed by atoms with Crippen LogP contribution >= 0.6 is 0 Å². The lowest BCUT2D eigenvalue weighted by atomic mass is 9.36. The second kappa shape index (κ2) is 19.3. The van der Waals surface area contributed by atoms with E-state index in [1.165, 1.54) is 73.8 Å². The van der Waals surface area contributed by atoms with Gasteiger partial charge in [0.25, 0.3) is 0 Å². The predicted octanol–water partition coefficient (Wildman–Crippen LogP) is 13.7. The van der Waals surface area contributed by atoms with Crippen LogP contribution in [0.3, 0.4) is 0 Å². The molecule has 0 unspecified atom stereocenters. The summed E-state index contributed by atoms with van der Waals surface area (Å²) in [6.07, 6.45) is 17.4. The number of aliphatic hydroxyl groups is 3. The quantitative estimate of drug-likeness (QED) is 0.108. The highest BCUT2D eigenvalue weighted by Crippen LogP contribution is 2.77. The van der Waals surface area contributed by atoms with Crippen LogP contribution in [-0.2, 0) is 30.9 Å². The van der Waals surface area contributed by atoms with Gasteiger partial charge in [0.05, 0.1) is 23.2 Å².